The summed E-state index contributed by atoms with van der Waals surface area (Å²) in [6.07, 6.45) is 0. The molecule has 0 aliphatic carbocycles. The predicted octanol–water partition coefficient (Wildman–Crippen LogP) is 2.13. The molecule has 29 heavy (non-hydrogen) atoms. The molecule has 1 heterocycles. The van der Waals surface area contributed by atoms with Crippen LogP contribution in [-0.4, -0.2) is 60.3 Å². The Bertz CT molecular complexity index is 891. The third-order valence-corrected chi connectivity index (χ3v) is 4.73. The lowest BCUT2D eigenvalue weighted by Crippen LogP contribution is -2.33. The first-order valence-electron chi connectivity index (χ1n) is 9.25. The highest BCUT2D eigenvalue weighted by Gasteiger charge is 2.45. The molecule has 0 radical (unpaired) electrons. The lowest BCUT2D eigenvalue weighted by molar-refractivity contribution is -0.140. The van der Waals surface area contributed by atoms with Crippen LogP contribution in [0.3, 0.4) is 0 Å². The van der Waals surface area contributed by atoms with Gasteiger partial charge < -0.3 is 24.6 Å². The van der Waals surface area contributed by atoms with Gasteiger partial charge in [-0.2, -0.15) is 0 Å². The van der Waals surface area contributed by atoms with Crippen molar-refractivity contribution in [2.45, 2.75) is 6.04 Å². The number of carbonyl (C=O) groups excluding carboxylic acids is 2. The molecule has 1 aliphatic heterocycles. The largest absolute Gasteiger partial charge is 0.507 e. The van der Waals surface area contributed by atoms with Gasteiger partial charge in [-0.05, 0) is 29.8 Å². The molecule has 3 rings (SSSR count). The van der Waals surface area contributed by atoms with Gasteiger partial charge in [0.1, 0.15) is 11.5 Å². The zero-order valence-electron chi connectivity index (χ0n) is 16.1. The van der Waals surface area contributed by atoms with Gasteiger partial charge in [-0.15, -0.1) is 0 Å². The Kier molecular flexibility index (Phi) is 6.64. The number of amides is 1. The molecule has 1 unspecified atom stereocenters. The summed E-state index contributed by atoms with van der Waals surface area (Å²) in [5.41, 5.74) is 1.17. The number of likely N-dealkylation sites (tertiary alicyclic amines) is 1. The number of ether oxygens (including phenoxy) is 2. The van der Waals surface area contributed by atoms with Gasteiger partial charge in [0.15, 0.2) is 0 Å². The van der Waals surface area contributed by atoms with Crippen molar-refractivity contribution in [3.8, 4) is 5.75 Å². The van der Waals surface area contributed by atoms with Crippen LogP contribution in [0.4, 0.5) is 0 Å². The Balaban J connectivity index is 2.02. The number of hydrogen-bond donors (Lipinski definition) is 2. The van der Waals surface area contributed by atoms with E-state index in [9.17, 15) is 14.7 Å². The van der Waals surface area contributed by atoms with E-state index >= 15 is 0 Å². The fraction of sp³-hybridized carbons (Fsp3) is 0.273. The molecule has 1 aliphatic rings. The fourth-order valence-electron chi connectivity index (χ4n) is 3.33. The van der Waals surface area contributed by atoms with Gasteiger partial charge in [-0.25, -0.2) is 0 Å². The summed E-state index contributed by atoms with van der Waals surface area (Å²) in [6.45, 7) is 0.340. The van der Waals surface area contributed by atoms with Crippen LogP contribution in [0.15, 0.2) is 60.2 Å². The molecule has 2 aromatic carbocycles. The summed E-state index contributed by atoms with van der Waals surface area (Å²) >= 11 is 0. The van der Waals surface area contributed by atoms with Crippen molar-refractivity contribution in [1.82, 2.24) is 4.90 Å². The zero-order valence-corrected chi connectivity index (χ0v) is 16.1. The van der Waals surface area contributed by atoms with E-state index in [1.165, 1.54) is 12.0 Å². The van der Waals surface area contributed by atoms with Crippen LogP contribution in [0.5, 0.6) is 5.75 Å². The summed E-state index contributed by atoms with van der Waals surface area (Å²) < 4.78 is 10.4. The van der Waals surface area contributed by atoms with Crippen molar-refractivity contribution in [3.63, 3.8) is 0 Å². The molecule has 1 atom stereocenters. The van der Waals surface area contributed by atoms with E-state index in [2.05, 4.69) is 0 Å². The van der Waals surface area contributed by atoms with E-state index in [0.717, 1.165) is 0 Å². The summed E-state index contributed by atoms with van der Waals surface area (Å²) in [5.74, 6) is -1.06. The smallest absolute Gasteiger partial charge is 0.295 e. The molecule has 0 spiro atoms. The second kappa shape index (κ2) is 9.36. The average Bonchev–Trinajstić information content (AvgIpc) is 3.01. The highest BCUT2D eigenvalue weighted by Crippen LogP contribution is 2.39. The van der Waals surface area contributed by atoms with Crippen LogP contribution >= 0.6 is 0 Å². The SMILES string of the molecule is COc1ccc(C(O)=C2C(=O)C(=O)N(CCOCCO)C2c2ccccc2)cc1. The van der Waals surface area contributed by atoms with E-state index in [-0.39, 0.29) is 37.7 Å². The van der Waals surface area contributed by atoms with Crippen LogP contribution < -0.4 is 4.74 Å². The number of aliphatic hydroxyl groups is 2. The van der Waals surface area contributed by atoms with Gasteiger partial charge in [0, 0.05) is 12.1 Å². The van der Waals surface area contributed by atoms with E-state index in [1.807, 2.05) is 18.2 Å². The number of hydrogen-bond acceptors (Lipinski definition) is 6. The maximum Gasteiger partial charge on any atom is 0.295 e. The van der Waals surface area contributed by atoms with Crippen molar-refractivity contribution in [3.05, 3.63) is 71.3 Å². The molecule has 1 fully saturated rings. The quantitative estimate of drug-likeness (QED) is 0.307. The highest BCUT2D eigenvalue weighted by atomic mass is 16.5. The van der Waals surface area contributed by atoms with E-state index in [1.54, 1.807) is 36.4 Å². The van der Waals surface area contributed by atoms with Crippen molar-refractivity contribution in [2.75, 3.05) is 33.5 Å². The third kappa shape index (κ3) is 4.31. The van der Waals surface area contributed by atoms with Crippen molar-refractivity contribution >= 4 is 17.4 Å². The molecule has 152 valence electrons. The molecular formula is C22H23NO6. The van der Waals surface area contributed by atoms with E-state index in [0.29, 0.717) is 16.9 Å². The second-order valence-corrected chi connectivity index (χ2v) is 6.47. The number of carbonyl (C=O) groups is 2. The Morgan fingerprint density at radius 1 is 1.03 bits per heavy atom. The Morgan fingerprint density at radius 2 is 1.72 bits per heavy atom. The average molecular weight is 397 g/mol. The van der Waals surface area contributed by atoms with Crippen molar-refractivity contribution in [2.24, 2.45) is 0 Å². The minimum atomic E-state index is -0.741. The molecule has 0 aromatic heterocycles. The zero-order chi connectivity index (χ0) is 20.8. The Labute approximate surface area is 168 Å². The molecule has 2 aromatic rings. The third-order valence-electron chi connectivity index (χ3n) is 4.73. The van der Waals surface area contributed by atoms with Gasteiger partial charge in [0.25, 0.3) is 11.7 Å². The lowest BCUT2D eigenvalue weighted by atomic mass is 9.95. The van der Waals surface area contributed by atoms with Crippen molar-refractivity contribution < 1.29 is 29.3 Å². The van der Waals surface area contributed by atoms with Gasteiger partial charge >= 0.3 is 0 Å². The van der Waals surface area contributed by atoms with Crippen LogP contribution in [0.25, 0.3) is 5.76 Å². The first-order valence-corrected chi connectivity index (χ1v) is 9.25. The first kappa shape index (κ1) is 20.6. The minimum absolute atomic E-state index is 0.0357. The normalized spacial score (nSPS) is 18.3. The number of aliphatic hydroxyl groups excluding tert-OH is 2. The minimum Gasteiger partial charge on any atom is -0.507 e. The van der Waals surface area contributed by atoms with Crippen molar-refractivity contribution in [1.29, 1.82) is 0 Å². The number of ketones is 1. The maximum atomic E-state index is 12.8. The topological polar surface area (TPSA) is 96.3 Å². The van der Waals surface area contributed by atoms with Crippen LogP contribution in [-0.2, 0) is 14.3 Å². The van der Waals surface area contributed by atoms with Crippen LogP contribution in [0.1, 0.15) is 17.2 Å². The van der Waals surface area contributed by atoms with Gasteiger partial charge in [0.2, 0.25) is 0 Å². The van der Waals surface area contributed by atoms with Gasteiger partial charge in [-0.3, -0.25) is 9.59 Å². The number of methoxy groups -OCH3 is 1. The number of Topliss-reactive ketones (excluding diaryl/α,β-unsaturated/α-hetero) is 1. The van der Waals surface area contributed by atoms with Gasteiger partial charge in [0.05, 0.1) is 38.5 Å². The highest BCUT2D eigenvalue weighted by molar-refractivity contribution is 6.46. The summed E-state index contributed by atoms with van der Waals surface area (Å²) in [7, 11) is 1.54. The van der Waals surface area contributed by atoms with Crippen LogP contribution in [0.2, 0.25) is 0 Å². The maximum absolute atomic E-state index is 12.8. The summed E-state index contributed by atoms with van der Waals surface area (Å²) in [4.78, 5) is 26.9. The number of nitrogens with zero attached hydrogens (tertiary/aromatic N) is 1. The lowest BCUT2D eigenvalue weighted by Gasteiger charge is -2.25. The first-order chi connectivity index (χ1) is 14.1. The molecule has 0 saturated carbocycles. The second-order valence-electron chi connectivity index (χ2n) is 6.47. The summed E-state index contributed by atoms with van der Waals surface area (Å²) in [5, 5.41) is 19.8. The molecule has 1 saturated heterocycles. The van der Waals surface area contributed by atoms with E-state index in [4.69, 9.17) is 14.6 Å². The number of rotatable bonds is 8. The summed E-state index contributed by atoms with van der Waals surface area (Å²) in [6, 6.07) is 15.0. The predicted molar refractivity (Wildman–Crippen MR) is 106 cm³/mol. The molecule has 7 nitrogen and oxygen atoms in total. The standard InChI is InChI=1S/C22H23NO6/c1-28-17-9-7-16(8-10-17)20(25)18-19(15-5-3-2-4-6-15)23(22(27)21(18)26)11-13-29-14-12-24/h2-10,19,24-25H,11-14H2,1H3. The van der Waals surface area contributed by atoms with Crippen LogP contribution in [0, 0.1) is 0 Å². The Morgan fingerprint density at radius 3 is 2.34 bits per heavy atom. The molecule has 1 amide bonds. The Hall–Kier alpha value is -3.16. The molecule has 2 N–H and O–H groups in total. The van der Waals surface area contributed by atoms with Gasteiger partial charge in [-0.1, -0.05) is 30.3 Å². The molecule has 7 heteroatoms. The molecule has 0 bridgehead atoms. The fourth-order valence-corrected chi connectivity index (χ4v) is 3.33. The number of benzene rings is 2. The van der Waals surface area contributed by atoms with E-state index < -0.39 is 17.7 Å². The monoisotopic (exact) mass is 397 g/mol. The molecular weight excluding hydrogens is 374 g/mol.